The number of pyridine rings is 1. The van der Waals surface area contributed by atoms with Crippen LogP contribution in [-0.4, -0.2) is 89.6 Å². The quantitative estimate of drug-likeness (QED) is 0.505. The van der Waals surface area contributed by atoms with Crippen LogP contribution in [0, 0.1) is 11.8 Å². The highest BCUT2D eigenvalue weighted by Gasteiger charge is 2.38. The van der Waals surface area contributed by atoms with Gasteiger partial charge in [0.25, 0.3) is 5.56 Å². The number of benzene rings is 1. The van der Waals surface area contributed by atoms with Crippen LogP contribution in [0.15, 0.2) is 54.0 Å². The lowest BCUT2D eigenvalue weighted by Crippen LogP contribution is -2.44. The van der Waals surface area contributed by atoms with Crippen molar-refractivity contribution >= 4 is 40.0 Å². The average Bonchev–Trinajstić information content (AvgIpc) is 3.39. The second-order valence-corrected chi connectivity index (χ2v) is 11.0. The molecule has 3 fully saturated rings. The minimum atomic E-state index is -0.0702. The fraction of sp³-hybridized carbons (Fsp3) is 0.448. The number of amides is 1. The van der Waals surface area contributed by atoms with Crippen LogP contribution in [0.2, 0.25) is 0 Å². The zero-order valence-corrected chi connectivity index (χ0v) is 22.7. The second kappa shape index (κ2) is 10.3. The molecular weight excluding hydrogens is 492 g/mol. The van der Waals surface area contributed by atoms with Crippen molar-refractivity contribution in [1.82, 2.24) is 24.3 Å². The van der Waals surface area contributed by atoms with Gasteiger partial charge in [0.2, 0.25) is 11.9 Å². The highest BCUT2D eigenvalue weighted by atomic mass is 16.2. The number of piperidine rings is 1. The first kappa shape index (κ1) is 25.4. The van der Waals surface area contributed by atoms with Crippen molar-refractivity contribution in [3.05, 3.63) is 59.5 Å². The van der Waals surface area contributed by atoms with E-state index in [1.165, 1.54) is 11.8 Å². The van der Waals surface area contributed by atoms with Gasteiger partial charge in [0, 0.05) is 82.4 Å². The van der Waals surface area contributed by atoms with Crippen LogP contribution in [0.5, 0.6) is 0 Å². The molecule has 3 aliphatic rings. The fourth-order valence-corrected chi connectivity index (χ4v) is 6.16. The molecule has 0 spiro atoms. The van der Waals surface area contributed by atoms with E-state index in [9.17, 15) is 9.59 Å². The third-order valence-corrected chi connectivity index (χ3v) is 8.55. The summed E-state index contributed by atoms with van der Waals surface area (Å²) in [6.45, 7) is 10.9. The lowest BCUT2D eigenvalue weighted by atomic mass is 9.88. The standard InChI is InChI=1S/C29H36N8O2/c1-4-26(38)37-17-20-9-10-36(18-22(20)19-37)25-15-21-16-30-29(32-27(21)34(3)28(25)39)31-23-5-7-24(8-6-23)35-13-11-33(2)12-14-35/h4-8,15-16,20,22H,1,9-14,17-19H2,2-3H3,(H,30,31,32)/t20?,22-/m1/s1. The molecule has 10 nitrogen and oxygen atoms in total. The molecule has 2 atom stereocenters. The maximum Gasteiger partial charge on any atom is 0.275 e. The molecule has 1 amide bonds. The maximum atomic E-state index is 13.4. The molecule has 10 heteroatoms. The van der Waals surface area contributed by atoms with Gasteiger partial charge < -0.3 is 24.9 Å². The van der Waals surface area contributed by atoms with Crippen molar-refractivity contribution in [3.63, 3.8) is 0 Å². The molecule has 1 unspecified atom stereocenters. The summed E-state index contributed by atoms with van der Waals surface area (Å²) in [6, 6.07) is 10.2. The average molecular weight is 529 g/mol. The van der Waals surface area contributed by atoms with Crippen LogP contribution in [0.4, 0.5) is 23.0 Å². The predicted molar refractivity (Wildman–Crippen MR) is 155 cm³/mol. The molecule has 0 bridgehead atoms. The van der Waals surface area contributed by atoms with E-state index in [1.54, 1.807) is 17.8 Å². The van der Waals surface area contributed by atoms with E-state index in [0.29, 0.717) is 35.7 Å². The number of aromatic nitrogens is 3. The normalized spacial score (nSPS) is 21.7. The molecule has 2 aromatic heterocycles. The Balaban J connectivity index is 1.18. The summed E-state index contributed by atoms with van der Waals surface area (Å²) >= 11 is 0. The smallest absolute Gasteiger partial charge is 0.275 e. The molecule has 204 valence electrons. The Hall–Kier alpha value is -3.92. The summed E-state index contributed by atoms with van der Waals surface area (Å²) in [7, 11) is 3.92. The van der Waals surface area contributed by atoms with Crippen LogP contribution >= 0.6 is 0 Å². The lowest BCUT2D eigenvalue weighted by molar-refractivity contribution is -0.125. The van der Waals surface area contributed by atoms with Crippen molar-refractivity contribution in [2.75, 3.05) is 74.5 Å². The van der Waals surface area contributed by atoms with E-state index < -0.39 is 0 Å². The van der Waals surface area contributed by atoms with E-state index in [0.717, 1.165) is 63.3 Å². The minimum Gasteiger partial charge on any atom is -0.369 e. The van der Waals surface area contributed by atoms with Crippen molar-refractivity contribution in [2.45, 2.75) is 6.42 Å². The molecule has 1 N–H and O–H groups in total. The van der Waals surface area contributed by atoms with Crippen molar-refractivity contribution in [3.8, 4) is 0 Å². The van der Waals surface area contributed by atoms with E-state index >= 15 is 0 Å². The highest BCUT2D eigenvalue weighted by molar-refractivity contribution is 5.87. The molecule has 0 radical (unpaired) electrons. The Labute approximate surface area is 228 Å². The number of nitrogens with zero attached hydrogens (tertiary/aromatic N) is 7. The molecule has 3 aliphatic heterocycles. The molecule has 1 aromatic carbocycles. The summed E-state index contributed by atoms with van der Waals surface area (Å²) in [5.74, 6) is 1.28. The number of carbonyl (C=O) groups is 1. The predicted octanol–water partition coefficient (Wildman–Crippen LogP) is 2.29. The Bertz CT molecular complexity index is 1440. The molecule has 5 heterocycles. The number of fused-ring (bicyclic) bond motifs is 2. The van der Waals surface area contributed by atoms with Gasteiger partial charge in [0.1, 0.15) is 11.3 Å². The summed E-state index contributed by atoms with van der Waals surface area (Å²) in [4.78, 5) is 43.6. The Morgan fingerprint density at radius 2 is 1.74 bits per heavy atom. The molecule has 0 saturated carbocycles. The van der Waals surface area contributed by atoms with Gasteiger partial charge in [-0.15, -0.1) is 0 Å². The topological polar surface area (TPSA) is 89.8 Å². The van der Waals surface area contributed by atoms with Crippen LogP contribution in [0.1, 0.15) is 6.42 Å². The van der Waals surface area contributed by atoms with Crippen LogP contribution < -0.4 is 20.7 Å². The van der Waals surface area contributed by atoms with Crippen molar-refractivity contribution in [1.29, 1.82) is 0 Å². The second-order valence-electron chi connectivity index (χ2n) is 11.0. The summed E-state index contributed by atoms with van der Waals surface area (Å²) in [6.07, 6.45) is 4.12. The molecule has 0 aliphatic carbocycles. The highest BCUT2D eigenvalue weighted by Crippen LogP contribution is 2.33. The minimum absolute atomic E-state index is 0.00916. The number of hydrogen-bond donors (Lipinski definition) is 1. The van der Waals surface area contributed by atoms with Crippen molar-refractivity contribution in [2.24, 2.45) is 18.9 Å². The monoisotopic (exact) mass is 528 g/mol. The Morgan fingerprint density at radius 3 is 2.49 bits per heavy atom. The Kier molecular flexibility index (Phi) is 6.72. The first-order valence-electron chi connectivity index (χ1n) is 13.7. The van der Waals surface area contributed by atoms with Gasteiger partial charge in [0.05, 0.1) is 0 Å². The summed E-state index contributed by atoms with van der Waals surface area (Å²) < 4.78 is 1.61. The van der Waals surface area contributed by atoms with E-state index in [4.69, 9.17) is 0 Å². The maximum absolute atomic E-state index is 13.4. The lowest BCUT2D eigenvalue weighted by Gasteiger charge is -2.35. The number of likely N-dealkylation sites (tertiary alicyclic amines) is 1. The van der Waals surface area contributed by atoms with Gasteiger partial charge in [-0.05, 0) is 61.7 Å². The number of likely N-dealkylation sites (N-methyl/N-ethyl adjacent to an activating group) is 1. The van der Waals surface area contributed by atoms with Gasteiger partial charge in [-0.2, -0.15) is 4.98 Å². The first-order valence-corrected chi connectivity index (χ1v) is 13.7. The first-order chi connectivity index (χ1) is 18.9. The third kappa shape index (κ3) is 4.96. The van der Waals surface area contributed by atoms with Gasteiger partial charge >= 0.3 is 0 Å². The third-order valence-electron chi connectivity index (χ3n) is 8.55. The van der Waals surface area contributed by atoms with Crippen LogP contribution in [0.3, 0.4) is 0 Å². The van der Waals surface area contributed by atoms with Gasteiger partial charge in [-0.3, -0.25) is 14.2 Å². The molecular formula is C29H36N8O2. The van der Waals surface area contributed by atoms with Gasteiger partial charge in [-0.1, -0.05) is 6.58 Å². The zero-order valence-electron chi connectivity index (χ0n) is 22.7. The van der Waals surface area contributed by atoms with Crippen LogP contribution in [-0.2, 0) is 11.8 Å². The van der Waals surface area contributed by atoms with E-state index in [2.05, 4.69) is 55.7 Å². The van der Waals surface area contributed by atoms with E-state index in [1.807, 2.05) is 23.1 Å². The Morgan fingerprint density at radius 1 is 1.00 bits per heavy atom. The number of hydrogen-bond acceptors (Lipinski definition) is 8. The number of aryl methyl sites for hydroxylation is 1. The summed E-state index contributed by atoms with van der Waals surface area (Å²) in [5.41, 5.74) is 3.30. The fourth-order valence-electron chi connectivity index (χ4n) is 6.16. The molecule has 3 aromatic rings. The molecule has 6 rings (SSSR count). The summed E-state index contributed by atoms with van der Waals surface area (Å²) in [5, 5.41) is 4.11. The SMILES string of the molecule is C=CC(=O)N1CC2CCN(c3cc4cnc(Nc5ccc(N6CCN(C)CC6)cc5)nc4n(C)c3=O)C[C@@H]2C1. The number of piperazine rings is 1. The molecule has 39 heavy (non-hydrogen) atoms. The number of rotatable bonds is 5. The van der Waals surface area contributed by atoms with Crippen molar-refractivity contribution < 1.29 is 4.79 Å². The number of carbonyl (C=O) groups excluding carboxylic acids is 1. The zero-order chi connectivity index (χ0) is 27.1. The number of nitrogens with one attached hydrogen (secondary N) is 1. The number of anilines is 4. The van der Waals surface area contributed by atoms with E-state index in [-0.39, 0.29) is 11.5 Å². The largest absolute Gasteiger partial charge is 0.369 e. The van der Waals surface area contributed by atoms with Gasteiger partial charge in [0.15, 0.2) is 0 Å². The molecule has 3 saturated heterocycles. The van der Waals surface area contributed by atoms with Crippen LogP contribution in [0.25, 0.3) is 11.0 Å². The van der Waals surface area contributed by atoms with Gasteiger partial charge in [-0.25, -0.2) is 4.98 Å².